The van der Waals surface area contributed by atoms with E-state index in [0.29, 0.717) is 19.6 Å². The highest BCUT2D eigenvalue weighted by atomic mass is 16.5. The van der Waals surface area contributed by atoms with Gasteiger partial charge in [-0.25, -0.2) is 0 Å². The first kappa shape index (κ1) is 16.9. The molecule has 1 aromatic carbocycles. The maximum Gasteiger partial charge on any atom is 0.221 e. The van der Waals surface area contributed by atoms with Crippen LogP contribution in [-0.2, 0) is 22.6 Å². The molecule has 0 saturated carbocycles. The van der Waals surface area contributed by atoms with E-state index in [4.69, 9.17) is 4.74 Å². The Kier molecular flexibility index (Phi) is 6.83. The standard InChI is InChI=1S/C17H27N3O2/c1-3-20(2)12-15-6-4-5-14(9-15)11-19-17(21)10-16-13-22-8-7-18-16/h4-6,9,16,18H,3,7-8,10-13H2,1-2H3,(H,19,21). The van der Waals surface area contributed by atoms with Gasteiger partial charge in [-0.05, 0) is 24.7 Å². The fourth-order valence-electron chi connectivity index (χ4n) is 2.51. The smallest absolute Gasteiger partial charge is 0.221 e. The predicted octanol–water partition coefficient (Wildman–Crippen LogP) is 1.13. The van der Waals surface area contributed by atoms with Gasteiger partial charge in [-0.3, -0.25) is 4.79 Å². The molecule has 1 fully saturated rings. The Labute approximate surface area is 133 Å². The van der Waals surface area contributed by atoms with Crippen molar-refractivity contribution in [1.29, 1.82) is 0 Å². The molecule has 1 aliphatic rings. The Morgan fingerprint density at radius 1 is 1.45 bits per heavy atom. The summed E-state index contributed by atoms with van der Waals surface area (Å²) in [6.07, 6.45) is 0.470. The van der Waals surface area contributed by atoms with E-state index in [0.717, 1.165) is 31.8 Å². The van der Waals surface area contributed by atoms with Crippen LogP contribution in [0, 0.1) is 0 Å². The summed E-state index contributed by atoms with van der Waals surface area (Å²) in [5, 5.41) is 6.29. The third kappa shape index (κ3) is 5.75. The number of nitrogens with one attached hydrogen (secondary N) is 2. The van der Waals surface area contributed by atoms with Crippen molar-refractivity contribution in [2.45, 2.75) is 32.5 Å². The predicted molar refractivity (Wildman–Crippen MR) is 87.5 cm³/mol. The Balaban J connectivity index is 1.78. The molecule has 2 N–H and O–H groups in total. The number of benzene rings is 1. The second-order valence-electron chi connectivity index (χ2n) is 5.86. The third-order valence-corrected chi connectivity index (χ3v) is 3.90. The van der Waals surface area contributed by atoms with E-state index in [1.807, 2.05) is 0 Å². The fourth-order valence-corrected chi connectivity index (χ4v) is 2.51. The molecule has 122 valence electrons. The molecule has 0 spiro atoms. The molecule has 1 atom stereocenters. The molecule has 5 nitrogen and oxygen atoms in total. The molecule has 5 heteroatoms. The zero-order chi connectivity index (χ0) is 15.8. The first-order valence-corrected chi connectivity index (χ1v) is 8.01. The molecule has 2 rings (SSSR count). The molecule has 1 aliphatic heterocycles. The van der Waals surface area contributed by atoms with Crippen molar-refractivity contribution < 1.29 is 9.53 Å². The summed E-state index contributed by atoms with van der Waals surface area (Å²) in [5.74, 6) is 0.0686. The molecule has 1 aromatic rings. The summed E-state index contributed by atoms with van der Waals surface area (Å²) < 4.78 is 5.36. The van der Waals surface area contributed by atoms with Gasteiger partial charge >= 0.3 is 0 Å². The molecule has 1 heterocycles. The van der Waals surface area contributed by atoms with Gasteiger partial charge in [0.15, 0.2) is 0 Å². The first-order chi connectivity index (χ1) is 10.7. The number of hydrogen-bond acceptors (Lipinski definition) is 4. The summed E-state index contributed by atoms with van der Waals surface area (Å²) in [4.78, 5) is 14.2. The molecule has 0 aliphatic carbocycles. The number of hydrogen-bond donors (Lipinski definition) is 2. The minimum atomic E-state index is 0.0686. The van der Waals surface area contributed by atoms with Crippen LogP contribution in [0.1, 0.15) is 24.5 Å². The van der Waals surface area contributed by atoms with E-state index in [1.165, 1.54) is 5.56 Å². The number of amides is 1. The molecule has 0 radical (unpaired) electrons. The Morgan fingerprint density at radius 3 is 3.00 bits per heavy atom. The highest BCUT2D eigenvalue weighted by Crippen LogP contribution is 2.08. The SMILES string of the molecule is CCN(C)Cc1cccc(CNC(=O)CC2COCCN2)c1. The molecule has 0 bridgehead atoms. The second kappa shape index (κ2) is 8.88. The van der Waals surface area contributed by atoms with Crippen molar-refractivity contribution in [3.63, 3.8) is 0 Å². The summed E-state index contributed by atoms with van der Waals surface area (Å²) in [5.41, 5.74) is 2.42. The van der Waals surface area contributed by atoms with Crippen LogP contribution >= 0.6 is 0 Å². The minimum Gasteiger partial charge on any atom is -0.378 e. The van der Waals surface area contributed by atoms with Crippen LogP contribution in [0.4, 0.5) is 0 Å². The minimum absolute atomic E-state index is 0.0686. The van der Waals surface area contributed by atoms with Gasteiger partial charge in [0.25, 0.3) is 0 Å². The monoisotopic (exact) mass is 305 g/mol. The summed E-state index contributed by atoms with van der Waals surface area (Å²) in [7, 11) is 2.10. The van der Waals surface area contributed by atoms with Crippen molar-refractivity contribution in [3.8, 4) is 0 Å². The lowest BCUT2D eigenvalue weighted by Gasteiger charge is -2.23. The zero-order valence-corrected chi connectivity index (χ0v) is 13.6. The van der Waals surface area contributed by atoms with E-state index in [2.05, 4.69) is 53.8 Å². The topological polar surface area (TPSA) is 53.6 Å². The molecule has 1 unspecified atom stereocenters. The summed E-state index contributed by atoms with van der Waals surface area (Å²) >= 11 is 0. The number of nitrogens with zero attached hydrogens (tertiary/aromatic N) is 1. The van der Waals surface area contributed by atoms with E-state index in [9.17, 15) is 4.79 Å². The van der Waals surface area contributed by atoms with Crippen LogP contribution in [-0.4, -0.2) is 50.2 Å². The molecular weight excluding hydrogens is 278 g/mol. The van der Waals surface area contributed by atoms with Crippen LogP contribution in [0.3, 0.4) is 0 Å². The normalized spacial score (nSPS) is 18.4. The van der Waals surface area contributed by atoms with E-state index in [1.54, 1.807) is 0 Å². The Morgan fingerprint density at radius 2 is 2.27 bits per heavy atom. The van der Waals surface area contributed by atoms with Crippen LogP contribution in [0.25, 0.3) is 0 Å². The summed E-state index contributed by atoms with van der Waals surface area (Å²) in [6.45, 7) is 6.86. The number of morpholine rings is 1. The number of rotatable bonds is 7. The van der Waals surface area contributed by atoms with Crippen LogP contribution in [0.5, 0.6) is 0 Å². The second-order valence-corrected chi connectivity index (χ2v) is 5.86. The highest BCUT2D eigenvalue weighted by Gasteiger charge is 2.16. The van der Waals surface area contributed by atoms with E-state index >= 15 is 0 Å². The van der Waals surface area contributed by atoms with E-state index in [-0.39, 0.29) is 11.9 Å². The largest absolute Gasteiger partial charge is 0.378 e. The number of carbonyl (C=O) groups excluding carboxylic acids is 1. The third-order valence-electron chi connectivity index (χ3n) is 3.90. The van der Waals surface area contributed by atoms with Crippen molar-refractivity contribution in [1.82, 2.24) is 15.5 Å². The van der Waals surface area contributed by atoms with Crippen LogP contribution in [0.15, 0.2) is 24.3 Å². The van der Waals surface area contributed by atoms with Crippen LogP contribution in [0.2, 0.25) is 0 Å². The Bertz CT molecular complexity index is 473. The molecule has 22 heavy (non-hydrogen) atoms. The maximum absolute atomic E-state index is 12.0. The lowest BCUT2D eigenvalue weighted by Crippen LogP contribution is -2.44. The van der Waals surface area contributed by atoms with Crippen molar-refractivity contribution in [2.24, 2.45) is 0 Å². The fraction of sp³-hybridized carbons (Fsp3) is 0.588. The first-order valence-electron chi connectivity index (χ1n) is 8.01. The quantitative estimate of drug-likeness (QED) is 0.793. The Hall–Kier alpha value is -1.43. The van der Waals surface area contributed by atoms with Gasteiger partial charge in [0.05, 0.1) is 13.2 Å². The van der Waals surface area contributed by atoms with Gasteiger partial charge in [0.1, 0.15) is 0 Å². The number of carbonyl (C=O) groups is 1. The summed E-state index contributed by atoms with van der Waals surface area (Å²) in [6, 6.07) is 8.53. The lowest BCUT2D eigenvalue weighted by atomic mass is 10.1. The maximum atomic E-state index is 12.0. The van der Waals surface area contributed by atoms with Gasteiger partial charge in [-0.1, -0.05) is 31.2 Å². The van der Waals surface area contributed by atoms with Gasteiger partial charge < -0.3 is 20.3 Å². The van der Waals surface area contributed by atoms with Crippen molar-refractivity contribution in [2.75, 3.05) is 33.4 Å². The van der Waals surface area contributed by atoms with E-state index < -0.39 is 0 Å². The van der Waals surface area contributed by atoms with Gasteiger partial charge in [-0.2, -0.15) is 0 Å². The van der Waals surface area contributed by atoms with Gasteiger partial charge in [0, 0.05) is 32.1 Å². The van der Waals surface area contributed by atoms with Crippen LogP contribution < -0.4 is 10.6 Å². The molecule has 1 amide bonds. The molecular formula is C17H27N3O2. The zero-order valence-electron chi connectivity index (χ0n) is 13.6. The van der Waals surface area contributed by atoms with Gasteiger partial charge in [-0.15, -0.1) is 0 Å². The molecule has 1 saturated heterocycles. The van der Waals surface area contributed by atoms with Crippen molar-refractivity contribution in [3.05, 3.63) is 35.4 Å². The molecule has 0 aromatic heterocycles. The van der Waals surface area contributed by atoms with Gasteiger partial charge in [0.2, 0.25) is 5.91 Å². The average molecular weight is 305 g/mol. The average Bonchev–Trinajstić information content (AvgIpc) is 2.54. The lowest BCUT2D eigenvalue weighted by molar-refractivity contribution is -0.122. The number of ether oxygens (including phenoxy) is 1. The highest BCUT2D eigenvalue weighted by molar-refractivity contribution is 5.76. The van der Waals surface area contributed by atoms with Crippen molar-refractivity contribution >= 4 is 5.91 Å².